The fourth-order valence-corrected chi connectivity index (χ4v) is 2.74. The van der Waals surface area contributed by atoms with Gasteiger partial charge in [0.1, 0.15) is 11.8 Å². The fourth-order valence-electron chi connectivity index (χ4n) is 2.74. The molecule has 7 nitrogen and oxygen atoms in total. The van der Waals surface area contributed by atoms with Gasteiger partial charge in [-0.25, -0.2) is 5.06 Å². The molecular formula is C19H38N2O5. The standard InChI is InChI=1S/C19H38N2O5/c1-2-3-4-7-10-16(23)11-8-5-6-9-12-17(24)13-14-21(26)19(25)18(20)15-22/h16,18,22-23,26H,2-15,20H2,1H3/t16-,18-/m0/s1. The number of aliphatic hydroxyl groups is 2. The molecule has 0 aliphatic rings. The topological polar surface area (TPSA) is 124 Å². The second-order valence-electron chi connectivity index (χ2n) is 7.00. The van der Waals surface area contributed by atoms with Gasteiger partial charge in [-0.15, -0.1) is 0 Å². The number of ketones is 1. The first-order valence-corrected chi connectivity index (χ1v) is 9.98. The Morgan fingerprint density at radius 3 is 2.12 bits per heavy atom. The molecule has 0 aliphatic heterocycles. The van der Waals surface area contributed by atoms with Gasteiger partial charge >= 0.3 is 0 Å². The minimum absolute atomic E-state index is 0.00891. The van der Waals surface area contributed by atoms with Crippen LogP contribution in [0.15, 0.2) is 0 Å². The summed E-state index contributed by atoms with van der Waals surface area (Å²) in [4.78, 5) is 23.2. The Morgan fingerprint density at radius 2 is 1.54 bits per heavy atom. The number of carbonyl (C=O) groups is 2. The minimum atomic E-state index is -1.16. The summed E-state index contributed by atoms with van der Waals surface area (Å²) in [5.74, 6) is -0.793. The van der Waals surface area contributed by atoms with Crippen molar-refractivity contribution in [3.05, 3.63) is 0 Å². The van der Waals surface area contributed by atoms with E-state index in [1.165, 1.54) is 19.3 Å². The predicted molar refractivity (Wildman–Crippen MR) is 101 cm³/mol. The third-order valence-electron chi connectivity index (χ3n) is 4.50. The van der Waals surface area contributed by atoms with E-state index in [1.807, 2.05) is 0 Å². The van der Waals surface area contributed by atoms with Crippen LogP contribution in [0.1, 0.15) is 84.0 Å². The van der Waals surface area contributed by atoms with Crippen LogP contribution in [0.3, 0.4) is 0 Å². The zero-order valence-corrected chi connectivity index (χ0v) is 16.2. The molecule has 1 amide bonds. The number of unbranched alkanes of at least 4 members (excludes halogenated alkanes) is 6. The highest BCUT2D eigenvalue weighted by Gasteiger charge is 2.19. The van der Waals surface area contributed by atoms with Gasteiger partial charge in [-0.05, 0) is 19.3 Å². The van der Waals surface area contributed by atoms with Gasteiger partial charge in [-0.3, -0.25) is 14.8 Å². The lowest BCUT2D eigenvalue weighted by Gasteiger charge is -2.17. The molecule has 0 saturated heterocycles. The summed E-state index contributed by atoms with van der Waals surface area (Å²) in [6.07, 6.45) is 10.4. The van der Waals surface area contributed by atoms with Crippen molar-refractivity contribution in [1.82, 2.24) is 5.06 Å². The van der Waals surface area contributed by atoms with E-state index in [9.17, 15) is 19.9 Å². The number of nitrogens with zero attached hydrogens (tertiary/aromatic N) is 1. The van der Waals surface area contributed by atoms with Crippen molar-refractivity contribution >= 4 is 11.7 Å². The van der Waals surface area contributed by atoms with Crippen molar-refractivity contribution in [2.24, 2.45) is 5.73 Å². The van der Waals surface area contributed by atoms with Gasteiger partial charge in [0.05, 0.1) is 19.3 Å². The van der Waals surface area contributed by atoms with Crippen molar-refractivity contribution < 1.29 is 25.0 Å². The molecule has 2 atom stereocenters. The first kappa shape index (κ1) is 25.0. The van der Waals surface area contributed by atoms with Gasteiger partial charge in [0.15, 0.2) is 0 Å². The Bertz CT molecular complexity index is 379. The monoisotopic (exact) mass is 374 g/mol. The summed E-state index contributed by atoms with van der Waals surface area (Å²) >= 11 is 0. The van der Waals surface area contributed by atoms with Gasteiger partial charge in [0.2, 0.25) is 0 Å². The quantitative estimate of drug-likeness (QED) is 0.176. The molecule has 0 aromatic rings. The lowest BCUT2D eigenvalue weighted by molar-refractivity contribution is -0.168. The maximum absolute atomic E-state index is 11.8. The molecular weight excluding hydrogens is 336 g/mol. The Kier molecular flexibility index (Phi) is 15.5. The number of hydrogen-bond donors (Lipinski definition) is 4. The van der Waals surface area contributed by atoms with E-state index in [-0.39, 0.29) is 24.9 Å². The Morgan fingerprint density at radius 1 is 0.962 bits per heavy atom. The fraction of sp³-hybridized carbons (Fsp3) is 0.895. The van der Waals surface area contributed by atoms with Crippen LogP contribution < -0.4 is 5.73 Å². The van der Waals surface area contributed by atoms with Crippen LogP contribution in [0.2, 0.25) is 0 Å². The molecule has 0 aromatic carbocycles. The van der Waals surface area contributed by atoms with Crippen LogP contribution in [0.4, 0.5) is 0 Å². The average Bonchev–Trinajstić information content (AvgIpc) is 2.64. The molecule has 0 spiro atoms. The van der Waals surface area contributed by atoms with Gasteiger partial charge in [0, 0.05) is 12.8 Å². The number of nitrogens with two attached hydrogens (primary N) is 1. The molecule has 7 heteroatoms. The lowest BCUT2D eigenvalue weighted by Crippen LogP contribution is -2.44. The first-order chi connectivity index (χ1) is 12.4. The van der Waals surface area contributed by atoms with Crippen LogP contribution in [0.5, 0.6) is 0 Å². The molecule has 0 aromatic heterocycles. The second kappa shape index (κ2) is 16.2. The number of amides is 1. The summed E-state index contributed by atoms with van der Waals surface area (Å²) < 4.78 is 0. The van der Waals surface area contributed by atoms with Crippen LogP contribution in [-0.4, -0.2) is 57.5 Å². The molecule has 0 bridgehead atoms. The average molecular weight is 375 g/mol. The molecule has 0 fully saturated rings. The zero-order chi connectivity index (χ0) is 19.8. The first-order valence-electron chi connectivity index (χ1n) is 9.98. The number of Topliss-reactive ketones (excluding diaryl/α,β-unsaturated/α-hetero) is 1. The number of rotatable bonds is 17. The maximum Gasteiger partial charge on any atom is 0.265 e. The smallest absolute Gasteiger partial charge is 0.265 e. The van der Waals surface area contributed by atoms with Crippen LogP contribution >= 0.6 is 0 Å². The molecule has 0 rings (SSSR count). The summed E-state index contributed by atoms with van der Waals surface area (Å²) in [6, 6.07) is -1.16. The minimum Gasteiger partial charge on any atom is -0.394 e. The van der Waals surface area contributed by atoms with Gasteiger partial charge in [0.25, 0.3) is 5.91 Å². The van der Waals surface area contributed by atoms with E-state index in [2.05, 4.69) is 6.92 Å². The summed E-state index contributed by atoms with van der Waals surface area (Å²) in [7, 11) is 0. The van der Waals surface area contributed by atoms with E-state index in [0.29, 0.717) is 11.5 Å². The van der Waals surface area contributed by atoms with Crippen LogP contribution in [0, 0.1) is 0 Å². The lowest BCUT2D eigenvalue weighted by atomic mass is 10.0. The van der Waals surface area contributed by atoms with Gasteiger partial charge < -0.3 is 15.9 Å². The SMILES string of the molecule is CCCCCC[C@H](O)CCCCCCC(=O)CCN(O)C(=O)[C@@H](N)CO. The molecule has 5 N–H and O–H groups in total. The summed E-state index contributed by atoms with van der Waals surface area (Å²) in [5, 5.41) is 28.5. The third-order valence-corrected chi connectivity index (χ3v) is 4.50. The van der Waals surface area contributed by atoms with Gasteiger partial charge in [-0.1, -0.05) is 51.9 Å². The highest BCUT2D eigenvalue weighted by molar-refractivity contribution is 5.82. The molecule has 0 unspecified atom stereocenters. The van der Waals surface area contributed by atoms with E-state index in [4.69, 9.17) is 10.8 Å². The number of carbonyl (C=O) groups excluding carboxylic acids is 2. The predicted octanol–water partition coefficient (Wildman–Crippen LogP) is 2.15. The van der Waals surface area contributed by atoms with Crippen molar-refractivity contribution in [3.8, 4) is 0 Å². The van der Waals surface area contributed by atoms with Crippen molar-refractivity contribution in [1.29, 1.82) is 0 Å². The zero-order valence-electron chi connectivity index (χ0n) is 16.2. The Hall–Kier alpha value is -1.02. The number of aliphatic hydroxyl groups excluding tert-OH is 2. The second-order valence-corrected chi connectivity index (χ2v) is 7.00. The van der Waals surface area contributed by atoms with E-state index in [0.717, 1.165) is 44.9 Å². The largest absolute Gasteiger partial charge is 0.394 e. The molecule has 0 heterocycles. The molecule has 0 radical (unpaired) electrons. The highest BCUT2D eigenvalue weighted by atomic mass is 16.5. The molecule has 0 aliphatic carbocycles. The molecule has 0 saturated carbocycles. The Labute approximate surface area is 157 Å². The molecule has 26 heavy (non-hydrogen) atoms. The normalized spacial score (nSPS) is 13.4. The van der Waals surface area contributed by atoms with E-state index in [1.54, 1.807) is 0 Å². The summed E-state index contributed by atoms with van der Waals surface area (Å²) in [6.45, 7) is 1.53. The Balaban J connectivity index is 3.58. The van der Waals surface area contributed by atoms with Crippen molar-refractivity contribution in [3.63, 3.8) is 0 Å². The third kappa shape index (κ3) is 13.2. The van der Waals surface area contributed by atoms with Gasteiger partial charge in [-0.2, -0.15) is 0 Å². The van der Waals surface area contributed by atoms with Crippen LogP contribution in [-0.2, 0) is 9.59 Å². The maximum atomic E-state index is 11.8. The summed E-state index contributed by atoms with van der Waals surface area (Å²) in [5.41, 5.74) is 5.31. The number of hydrogen-bond acceptors (Lipinski definition) is 6. The van der Waals surface area contributed by atoms with Crippen LogP contribution in [0.25, 0.3) is 0 Å². The van der Waals surface area contributed by atoms with Crippen molar-refractivity contribution in [2.45, 2.75) is 96.1 Å². The highest BCUT2D eigenvalue weighted by Crippen LogP contribution is 2.13. The van der Waals surface area contributed by atoms with Crippen molar-refractivity contribution in [2.75, 3.05) is 13.2 Å². The van der Waals surface area contributed by atoms with E-state index >= 15 is 0 Å². The molecule has 154 valence electrons. The number of hydroxylamine groups is 2. The van der Waals surface area contributed by atoms with E-state index < -0.39 is 18.6 Å².